The van der Waals surface area contributed by atoms with Gasteiger partial charge < -0.3 is 10.6 Å². The number of fused-ring (bicyclic) bond motifs is 4. The molecule has 107 heavy (non-hydrogen) atoms. The Balaban J connectivity index is 0.000000304. The maximum atomic E-state index is 8.65. The predicted octanol–water partition coefficient (Wildman–Crippen LogP) is 28.1. The topological polar surface area (TPSA) is 71.7 Å². The molecule has 10 heteroatoms. The van der Waals surface area contributed by atoms with Crippen molar-refractivity contribution in [3.63, 3.8) is 0 Å². The van der Waals surface area contributed by atoms with Crippen molar-refractivity contribution >= 4 is 21.5 Å². The van der Waals surface area contributed by atoms with Crippen molar-refractivity contribution in [3.8, 4) is 44.5 Å². The zero-order valence-corrected chi connectivity index (χ0v) is 81.0. The van der Waals surface area contributed by atoms with Gasteiger partial charge in [-0.05, 0) is 0 Å². The molecule has 8 aromatic rings. The summed E-state index contributed by atoms with van der Waals surface area (Å²) in [6.07, 6.45) is 13.9. The minimum atomic E-state index is -4.60. The molecule has 0 saturated carbocycles. The van der Waals surface area contributed by atoms with Crippen LogP contribution in [0.2, 0.25) is 19.8 Å². The molecular formula is C97H126Hf2N2O4TiZr+. The van der Waals surface area contributed by atoms with E-state index in [1.807, 2.05) is 0 Å². The fourth-order valence-electron chi connectivity index (χ4n) is 18.4. The van der Waals surface area contributed by atoms with Gasteiger partial charge in [0.2, 0.25) is 0 Å². The number of hydrogen-bond acceptors (Lipinski definition) is 4. The number of hydrogen-bond donors (Lipinski definition) is 0. The normalized spacial score (nSPS) is 20.2. The molecule has 14 rings (SSSR count). The van der Waals surface area contributed by atoms with Crippen LogP contribution in [0.3, 0.4) is 0 Å². The minimum absolute atomic E-state index is 0.0193. The Morgan fingerprint density at radius 1 is 0.514 bits per heavy atom. The van der Waals surface area contributed by atoms with E-state index in [9.17, 15) is 0 Å². The second kappa shape index (κ2) is 33.5. The molecule has 6 nitrogen and oxygen atoms in total. The van der Waals surface area contributed by atoms with Crippen molar-refractivity contribution in [2.75, 3.05) is 28.2 Å². The molecule has 2 aliphatic heterocycles. The van der Waals surface area contributed by atoms with Gasteiger partial charge in [0.05, 0.1) is 0 Å². The van der Waals surface area contributed by atoms with Gasteiger partial charge in [-0.15, -0.1) is 0 Å². The molecule has 2 fully saturated rings. The zero-order valence-electron chi connectivity index (χ0n) is 69.8. The van der Waals surface area contributed by atoms with Crippen molar-refractivity contribution < 1.29 is 90.5 Å². The molecule has 563 valence electrons. The molecule has 4 aliphatic carbocycles. The molecule has 6 aliphatic rings. The molecule has 8 unspecified atom stereocenters. The van der Waals surface area contributed by atoms with Crippen molar-refractivity contribution in [1.82, 2.24) is 0 Å². The Morgan fingerprint density at radius 2 is 0.916 bits per heavy atom. The third-order valence-corrected chi connectivity index (χ3v) is 67.4. The Labute approximate surface area is 667 Å². The minimum Gasteiger partial charge on any atom is -0.668 e. The predicted molar refractivity (Wildman–Crippen MR) is 448 cm³/mol. The summed E-state index contributed by atoms with van der Waals surface area (Å²) < 4.78 is 39.1. The van der Waals surface area contributed by atoms with Crippen molar-refractivity contribution in [3.05, 3.63) is 270 Å². The fourth-order valence-corrected chi connectivity index (χ4v) is 73.3. The Bertz CT molecular complexity index is 4620. The van der Waals surface area contributed by atoms with Crippen LogP contribution < -0.4 is 0 Å². The number of benzene rings is 8. The average Bonchev–Trinajstić information content (AvgIpc) is 1.55. The van der Waals surface area contributed by atoms with E-state index in [-0.39, 0.29) is 32.5 Å². The van der Waals surface area contributed by atoms with Crippen molar-refractivity contribution in [2.45, 2.75) is 220 Å². The fraction of sp³-hybridized carbons (Fsp3) is 0.423. The molecule has 8 atom stereocenters. The summed E-state index contributed by atoms with van der Waals surface area (Å²) in [5, 5.41) is 12.3. The molecule has 8 aromatic carbocycles. The second-order valence-corrected chi connectivity index (χ2v) is 78.8. The van der Waals surface area contributed by atoms with E-state index in [1.165, 1.54) is 111 Å². The second-order valence-electron chi connectivity index (χ2n) is 35.7. The van der Waals surface area contributed by atoms with Crippen LogP contribution in [0, 0.1) is 0 Å². The van der Waals surface area contributed by atoms with E-state index in [1.54, 1.807) is 48.2 Å². The molecule has 2 heterocycles. The van der Waals surface area contributed by atoms with Gasteiger partial charge in [-0.25, -0.2) is 0 Å². The first-order valence-electron chi connectivity index (χ1n) is 40.1. The van der Waals surface area contributed by atoms with E-state index in [4.69, 9.17) is 11.8 Å². The summed E-state index contributed by atoms with van der Waals surface area (Å²) >= 11 is -14.1. The van der Waals surface area contributed by atoms with Gasteiger partial charge >= 0.3 is 636 Å². The van der Waals surface area contributed by atoms with Crippen LogP contribution in [0.4, 0.5) is 0 Å². The SMILES string of the molecule is CCC1=Cc2c(-c3ccc(C(C)(C)C)cc3)cccc2[CH]1[Hf+]1[O][CH]1C.CCCC1=Cc2c(-c3ccccc3)cccc2[CH]1[Ti]([CH3])([CH3])([O][CH](C)[Zr+2]1([C]2=C(CC)Cc3c2cccc3-c2ccc(C(C)(C)C)cc2)[O][CH]1C)[CH](C)[O][Hf]([CH3])([CH3])[CH]1C(CC)=Cc2c(-c3ccc(C(C)(C)C)cc3)cccc21.C[N-]C.C[N-]C. The third kappa shape index (κ3) is 16.9. The van der Waals surface area contributed by atoms with Gasteiger partial charge in [0.25, 0.3) is 0 Å². The van der Waals surface area contributed by atoms with Crippen LogP contribution in [-0.2, 0) is 113 Å². The van der Waals surface area contributed by atoms with Crippen LogP contribution >= 0.6 is 0 Å². The van der Waals surface area contributed by atoms with Gasteiger partial charge in [0, 0.05) is 0 Å². The first kappa shape index (κ1) is 83.7. The third-order valence-electron chi connectivity index (χ3n) is 24.3. The Hall–Kier alpha value is -4.18. The monoisotopic (exact) mass is 1880 g/mol. The first-order valence-corrected chi connectivity index (χ1v) is 67.1. The van der Waals surface area contributed by atoms with E-state index < -0.39 is 78.7 Å². The summed E-state index contributed by atoms with van der Waals surface area (Å²) in [7, 11) is 7.00. The summed E-state index contributed by atoms with van der Waals surface area (Å²) in [6.45, 7) is 39.6. The quantitative estimate of drug-likeness (QED) is 0.0597. The van der Waals surface area contributed by atoms with Crippen LogP contribution in [0.1, 0.15) is 223 Å². The molecule has 0 amide bonds. The summed E-state index contributed by atoms with van der Waals surface area (Å²) in [6, 6.07) is 67.1. The van der Waals surface area contributed by atoms with Crippen LogP contribution in [0.25, 0.3) is 76.7 Å². The summed E-state index contributed by atoms with van der Waals surface area (Å²) in [5.41, 5.74) is 32.9. The summed E-state index contributed by atoms with van der Waals surface area (Å²) in [5.74, 6) is 0. The van der Waals surface area contributed by atoms with E-state index in [0.717, 1.165) is 38.5 Å². The standard InChI is InChI=1S/3C21H23.C18H17.2C2H6N.4C2H4O.4CH3.2Hf.Ti.Zr/c3*1-5-15-13-17-7-6-8-19(20(17)14-15)16-9-11-18(12-10-16)21(2,3)4;1-2-7-14-12-16-10-6-11-17(18(16)13-14)15-8-4-3-5-9-15;2*1-3-2;4*1-2-3;;;;;;;;/h6-12H,5,14H2,1-4H3;2*6-14H,5H2,1-4H3;3-6,8-13H,2,7H2,1H3;2*1-2H3;4*2H,1H3;4*1H3;;;;/q;;;;6*-1;;;;;+1;+2;+1;+3. The molecule has 2 saturated heterocycles. The molecule has 0 N–H and O–H groups in total. The molecule has 0 aromatic heterocycles. The maximum Gasteiger partial charge on any atom is -0.162 e. The Kier molecular flexibility index (Phi) is 26.2. The Morgan fingerprint density at radius 3 is 1.36 bits per heavy atom. The molecular weight excluding hydrogens is 1750 g/mol. The number of rotatable bonds is 19. The zero-order chi connectivity index (χ0) is 77.5. The van der Waals surface area contributed by atoms with Gasteiger partial charge in [-0.1, -0.05) is 0 Å². The van der Waals surface area contributed by atoms with Gasteiger partial charge in [-0.2, -0.15) is 28.2 Å². The van der Waals surface area contributed by atoms with Gasteiger partial charge in [0.15, 0.2) is 0 Å². The van der Waals surface area contributed by atoms with E-state index in [2.05, 4.69) is 342 Å². The van der Waals surface area contributed by atoms with Gasteiger partial charge in [0.1, 0.15) is 0 Å². The van der Waals surface area contributed by atoms with Crippen LogP contribution in [-0.4, -0.2) is 44.1 Å². The summed E-state index contributed by atoms with van der Waals surface area (Å²) in [4.78, 5) is 0. The largest absolute Gasteiger partial charge is 0.668 e. The van der Waals surface area contributed by atoms with Gasteiger partial charge in [-0.3, -0.25) is 0 Å². The first-order chi connectivity index (χ1) is 50.7. The van der Waals surface area contributed by atoms with E-state index in [0.29, 0.717) is 11.2 Å². The van der Waals surface area contributed by atoms with E-state index >= 15 is 0 Å². The molecule has 0 bridgehead atoms. The van der Waals surface area contributed by atoms with Crippen molar-refractivity contribution in [1.29, 1.82) is 0 Å². The molecule has 0 spiro atoms. The maximum absolute atomic E-state index is 8.65. The van der Waals surface area contributed by atoms with Crippen molar-refractivity contribution in [2.24, 2.45) is 0 Å². The van der Waals surface area contributed by atoms with Crippen LogP contribution in [0.15, 0.2) is 198 Å². The van der Waals surface area contributed by atoms with Crippen LogP contribution in [0.5, 0.6) is 0 Å². The average molecular weight is 1880 g/mol. The number of nitrogens with zero attached hydrogens (tertiary/aromatic N) is 2. The smallest absolute Gasteiger partial charge is 0.162 e. The molecule has 0 radical (unpaired) electrons. The number of allylic oxidation sites excluding steroid dienone is 4.